The average molecular weight is 304 g/mol. The zero-order chi connectivity index (χ0) is 14.9. The van der Waals surface area contributed by atoms with Crippen LogP contribution >= 0.6 is 11.3 Å². The van der Waals surface area contributed by atoms with Gasteiger partial charge < -0.3 is 5.73 Å². The van der Waals surface area contributed by atoms with Gasteiger partial charge in [-0.05, 0) is 54.8 Å². The number of nitrogens with zero attached hydrogens (tertiary/aromatic N) is 1. The molecule has 1 aliphatic rings. The predicted octanol–water partition coefficient (Wildman–Crippen LogP) is 3.72. The third-order valence-corrected chi connectivity index (χ3v) is 5.40. The monoisotopic (exact) mass is 304 g/mol. The van der Waals surface area contributed by atoms with Gasteiger partial charge in [0.05, 0.1) is 0 Å². The van der Waals surface area contributed by atoms with Crippen molar-refractivity contribution in [1.82, 2.24) is 4.90 Å². The van der Waals surface area contributed by atoms with E-state index in [1.54, 1.807) is 23.5 Å². The maximum Gasteiger partial charge on any atom is 0.123 e. The fourth-order valence-corrected chi connectivity index (χ4v) is 3.95. The van der Waals surface area contributed by atoms with Crippen LogP contribution in [-0.2, 0) is 6.54 Å². The fourth-order valence-electron chi connectivity index (χ4n) is 2.91. The summed E-state index contributed by atoms with van der Waals surface area (Å²) in [6.45, 7) is 6.16. The normalized spacial score (nSPS) is 22.8. The molecule has 0 radical (unpaired) electrons. The molecule has 2 aromatic rings. The Labute approximate surface area is 129 Å². The molecule has 1 aromatic heterocycles. The molecule has 3 rings (SSSR count). The molecule has 0 aliphatic carbocycles. The van der Waals surface area contributed by atoms with Crippen molar-refractivity contribution >= 4 is 11.3 Å². The van der Waals surface area contributed by atoms with Gasteiger partial charge in [-0.15, -0.1) is 11.3 Å². The van der Waals surface area contributed by atoms with E-state index in [2.05, 4.69) is 24.0 Å². The second-order valence-electron chi connectivity index (χ2n) is 6.25. The van der Waals surface area contributed by atoms with Crippen LogP contribution in [-0.4, -0.2) is 24.5 Å². The number of hydrogen-bond acceptors (Lipinski definition) is 3. The molecule has 0 bridgehead atoms. The van der Waals surface area contributed by atoms with Gasteiger partial charge in [0.15, 0.2) is 0 Å². The third-order valence-electron chi connectivity index (χ3n) is 4.28. The Morgan fingerprint density at radius 2 is 2.19 bits per heavy atom. The molecule has 2 nitrogen and oxygen atoms in total. The Hall–Kier alpha value is -1.23. The summed E-state index contributed by atoms with van der Waals surface area (Å²) in [5.41, 5.74) is 7.08. The van der Waals surface area contributed by atoms with Gasteiger partial charge in [0.2, 0.25) is 0 Å². The Kier molecular flexibility index (Phi) is 4.11. The Morgan fingerprint density at radius 1 is 1.33 bits per heavy atom. The minimum absolute atomic E-state index is 0.180. The highest BCUT2D eigenvalue weighted by Gasteiger charge is 2.32. The topological polar surface area (TPSA) is 29.3 Å². The molecule has 1 unspecified atom stereocenters. The van der Waals surface area contributed by atoms with E-state index >= 15 is 0 Å². The van der Waals surface area contributed by atoms with E-state index in [0.717, 1.165) is 36.6 Å². The molecule has 1 atom stereocenters. The number of likely N-dealkylation sites (tertiary alicyclic amines) is 1. The smallest absolute Gasteiger partial charge is 0.123 e. The number of hydrogen-bond donors (Lipinski definition) is 1. The van der Waals surface area contributed by atoms with Gasteiger partial charge in [0, 0.05) is 22.8 Å². The summed E-state index contributed by atoms with van der Waals surface area (Å²) < 4.78 is 13.3. The van der Waals surface area contributed by atoms with E-state index in [-0.39, 0.29) is 11.2 Å². The lowest BCUT2D eigenvalue weighted by Crippen LogP contribution is -2.30. The predicted molar refractivity (Wildman–Crippen MR) is 86.8 cm³/mol. The van der Waals surface area contributed by atoms with E-state index in [1.165, 1.54) is 17.4 Å². The van der Waals surface area contributed by atoms with E-state index in [9.17, 15) is 4.39 Å². The zero-order valence-corrected chi connectivity index (χ0v) is 13.1. The maximum absolute atomic E-state index is 13.3. The molecule has 112 valence electrons. The molecule has 2 heterocycles. The van der Waals surface area contributed by atoms with Crippen LogP contribution in [0, 0.1) is 11.2 Å². The lowest BCUT2D eigenvalue weighted by Gasteiger charge is -2.22. The summed E-state index contributed by atoms with van der Waals surface area (Å²) in [6, 6.07) is 11.0. The fraction of sp³-hybridized carbons (Fsp3) is 0.412. The summed E-state index contributed by atoms with van der Waals surface area (Å²) in [6.07, 6.45) is 1.17. The molecule has 1 aromatic carbocycles. The van der Waals surface area contributed by atoms with Crippen LogP contribution in [0.4, 0.5) is 4.39 Å². The number of rotatable bonds is 4. The van der Waals surface area contributed by atoms with Crippen LogP contribution in [0.25, 0.3) is 10.4 Å². The summed E-state index contributed by atoms with van der Waals surface area (Å²) in [7, 11) is 0. The Bertz CT molecular complexity index is 625. The second kappa shape index (κ2) is 5.87. The van der Waals surface area contributed by atoms with Crippen molar-refractivity contribution in [3.05, 3.63) is 47.1 Å². The largest absolute Gasteiger partial charge is 0.330 e. The van der Waals surface area contributed by atoms with Gasteiger partial charge >= 0.3 is 0 Å². The zero-order valence-electron chi connectivity index (χ0n) is 12.3. The van der Waals surface area contributed by atoms with Crippen molar-refractivity contribution in [1.29, 1.82) is 0 Å². The lowest BCUT2D eigenvalue weighted by atomic mass is 9.90. The first kappa shape index (κ1) is 14.7. The Morgan fingerprint density at radius 3 is 2.90 bits per heavy atom. The third kappa shape index (κ3) is 3.34. The van der Waals surface area contributed by atoms with Gasteiger partial charge in [0.25, 0.3) is 0 Å². The summed E-state index contributed by atoms with van der Waals surface area (Å²) in [4.78, 5) is 4.93. The highest BCUT2D eigenvalue weighted by molar-refractivity contribution is 7.15. The molecule has 1 fully saturated rings. The number of benzene rings is 1. The van der Waals surface area contributed by atoms with Crippen LogP contribution in [0.5, 0.6) is 0 Å². The molecule has 0 spiro atoms. The number of nitrogens with two attached hydrogens (primary N) is 1. The molecule has 1 aliphatic heterocycles. The molecule has 1 saturated heterocycles. The van der Waals surface area contributed by atoms with Crippen molar-refractivity contribution in [2.24, 2.45) is 11.1 Å². The Balaban J connectivity index is 1.69. The first-order valence-electron chi connectivity index (χ1n) is 7.35. The van der Waals surface area contributed by atoms with Gasteiger partial charge in [-0.25, -0.2) is 4.39 Å². The number of thiophene rings is 1. The van der Waals surface area contributed by atoms with Gasteiger partial charge in [0.1, 0.15) is 5.82 Å². The highest BCUT2D eigenvalue weighted by Crippen LogP contribution is 2.33. The molecular formula is C17H21FN2S. The van der Waals surface area contributed by atoms with Crippen molar-refractivity contribution in [3.8, 4) is 10.4 Å². The van der Waals surface area contributed by atoms with E-state index in [0.29, 0.717) is 0 Å². The summed E-state index contributed by atoms with van der Waals surface area (Å²) in [5.74, 6) is -0.180. The SMILES string of the molecule is CC1(CN)CCN(Cc2ccc(-c3cccc(F)c3)s2)C1. The molecule has 2 N–H and O–H groups in total. The molecular weight excluding hydrogens is 283 g/mol. The summed E-state index contributed by atoms with van der Waals surface area (Å²) in [5, 5.41) is 0. The van der Waals surface area contributed by atoms with E-state index in [1.807, 2.05) is 6.07 Å². The molecule has 0 amide bonds. The minimum Gasteiger partial charge on any atom is -0.330 e. The van der Waals surface area contributed by atoms with Crippen molar-refractivity contribution in [3.63, 3.8) is 0 Å². The van der Waals surface area contributed by atoms with Crippen molar-refractivity contribution in [2.45, 2.75) is 19.9 Å². The second-order valence-corrected chi connectivity index (χ2v) is 7.42. The minimum atomic E-state index is -0.180. The quantitative estimate of drug-likeness (QED) is 0.932. The van der Waals surface area contributed by atoms with Gasteiger partial charge in [-0.3, -0.25) is 4.90 Å². The van der Waals surface area contributed by atoms with Gasteiger partial charge in [-0.1, -0.05) is 19.1 Å². The molecule has 0 saturated carbocycles. The van der Waals surface area contributed by atoms with Crippen molar-refractivity contribution < 1.29 is 4.39 Å². The number of halogens is 1. The molecule has 4 heteroatoms. The van der Waals surface area contributed by atoms with Crippen molar-refractivity contribution in [2.75, 3.05) is 19.6 Å². The molecule has 21 heavy (non-hydrogen) atoms. The van der Waals surface area contributed by atoms with Crippen LogP contribution < -0.4 is 5.73 Å². The van der Waals surface area contributed by atoms with Crippen LogP contribution in [0.1, 0.15) is 18.2 Å². The average Bonchev–Trinajstić information content (AvgIpc) is 3.07. The van der Waals surface area contributed by atoms with Crippen LogP contribution in [0.2, 0.25) is 0 Å². The van der Waals surface area contributed by atoms with Gasteiger partial charge in [-0.2, -0.15) is 0 Å². The van der Waals surface area contributed by atoms with E-state index in [4.69, 9.17) is 5.73 Å². The standard InChI is InChI=1S/C17H21FN2S/c1-17(11-19)7-8-20(12-17)10-15-5-6-16(21-15)13-3-2-4-14(18)9-13/h2-6,9H,7-8,10-12,19H2,1H3. The lowest BCUT2D eigenvalue weighted by molar-refractivity contribution is 0.276. The first-order chi connectivity index (χ1) is 10.1. The van der Waals surface area contributed by atoms with Crippen LogP contribution in [0.3, 0.4) is 0 Å². The maximum atomic E-state index is 13.3. The van der Waals surface area contributed by atoms with E-state index < -0.39 is 0 Å². The summed E-state index contributed by atoms with van der Waals surface area (Å²) >= 11 is 1.75. The first-order valence-corrected chi connectivity index (χ1v) is 8.17. The highest BCUT2D eigenvalue weighted by atomic mass is 32.1. The van der Waals surface area contributed by atoms with Crippen LogP contribution in [0.15, 0.2) is 36.4 Å².